The molecule has 3 N–H and O–H groups in total. The second-order valence-corrected chi connectivity index (χ2v) is 6.26. The summed E-state index contributed by atoms with van der Waals surface area (Å²) in [6.45, 7) is 0.543. The van der Waals surface area contributed by atoms with E-state index in [1.807, 2.05) is 30.3 Å². The molecule has 2 aromatic heterocycles. The number of amides is 1. The molecule has 0 saturated heterocycles. The highest BCUT2D eigenvalue weighted by Gasteiger charge is 2.28. The number of nitrogen functional groups attached to an aromatic ring is 1. The Morgan fingerprint density at radius 2 is 1.96 bits per heavy atom. The van der Waals surface area contributed by atoms with Gasteiger partial charge in [0.1, 0.15) is 30.9 Å². The van der Waals surface area contributed by atoms with Gasteiger partial charge in [-0.1, -0.05) is 12.1 Å². The number of carbonyl (C=O) groups is 2. The molecule has 1 aliphatic heterocycles. The molecule has 0 radical (unpaired) electrons. The predicted octanol–water partition coefficient (Wildman–Crippen LogP) is 1.65. The zero-order valence-corrected chi connectivity index (χ0v) is 14.8. The highest BCUT2D eigenvalue weighted by atomic mass is 16.5. The maximum Gasteiger partial charge on any atom is 0.323 e. The third-order valence-corrected chi connectivity index (χ3v) is 4.44. The van der Waals surface area contributed by atoms with Crippen molar-refractivity contribution in [2.24, 2.45) is 0 Å². The van der Waals surface area contributed by atoms with Gasteiger partial charge in [0.15, 0.2) is 0 Å². The Bertz CT molecular complexity index is 1040. The Kier molecular flexibility index (Phi) is 4.40. The van der Waals surface area contributed by atoms with Crippen LogP contribution < -0.4 is 15.4 Å². The summed E-state index contributed by atoms with van der Waals surface area (Å²) in [5, 5.41) is 8.88. The molecule has 9 nitrogen and oxygen atoms in total. The van der Waals surface area contributed by atoms with Gasteiger partial charge < -0.3 is 25.0 Å². The fraction of sp³-hybridized carbons (Fsp3) is 0.158. The average molecular weight is 379 g/mol. The minimum atomic E-state index is -0.900. The predicted molar refractivity (Wildman–Crippen MR) is 101 cm³/mol. The summed E-state index contributed by atoms with van der Waals surface area (Å²) in [6, 6.07) is 9.25. The number of anilines is 2. The Hall–Kier alpha value is -3.88. The number of fused-ring (bicyclic) bond motifs is 1. The number of nitrogens with zero attached hydrogens (tertiary/aromatic N) is 4. The number of hydrogen-bond acceptors (Lipinski definition) is 6. The Balaban J connectivity index is 1.60. The Morgan fingerprint density at radius 1 is 1.18 bits per heavy atom. The average Bonchev–Trinajstić information content (AvgIpc) is 3.05. The van der Waals surface area contributed by atoms with Crippen LogP contribution in [0.5, 0.6) is 5.88 Å². The third kappa shape index (κ3) is 3.25. The molecule has 28 heavy (non-hydrogen) atoms. The quantitative estimate of drug-likeness (QED) is 0.706. The van der Waals surface area contributed by atoms with Gasteiger partial charge in [-0.2, -0.15) is 0 Å². The van der Waals surface area contributed by atoms with Crippen LogP contribution in [-0.4, -0.2) is 44.7 Å². The van der Waals surface area contributed by atoms with Crippen molar-refractivity contribution in [3.05, 3.63) is 54.6 Å². The van der Waals surface area contributed by atoms with Crippen molar-refractivity contribution in [3.63, 3.8) is 0 Å². The molecular weight excluding hydrogens is 362 g/mol. The van der Waals surface area contributed by atoms with Crippen LogP contribution in [0.4, 0.5) is 11.5 Å². The first-order valence-corrected chi connectivity index (χ1v) is 8.56. The summed E-state index contributed by atoms with van der Waals surface area (Å²) in [7, 11) is 0. The zero-order chi connectivity index (χ0) is 19.7. The van der Waals surface area contributed by atoms with Crippen molar-refractivity contribution < 1.29 is 19.4 Å². The van der Waals surface area contributed by atoms with Crippen LogP contribution in [0.2, 0.25) is 0 Å². The minimum Gasteiger partial charge on any atom is -0.480 e. The van der Waals surface area contributed by atoms with Crippen LogP contribution in [0.25, 0.3) is 11.1 Å². The molecule has 0 spiro atoms. The molecule has 142 valence electrons. The second kappa shape index (κ2) is 7.03. The number of hydrogen-bond donors (Lipinski definition) is 2. The van der Waals surface area contributed by atoms with E-state index in [-0.39, 0.29) is 36.3 Å². The molecular formula is C19H17N5O4. The van der Waals surface area contributed by atoms with Gasteiger partial charge in [0, 0.05) is 18.1 Å². The number of benzene rings is 1. The van der Waals surface area contributed by atoms with Crippen LogP contribution in [0.3, 0.4) is 0 Å². The molecule has 3 aromatic rings. The molecule has 1 amide bonds. The number of aliphatic carboxylic acids is 1. The Morgan fingerprint density at radius 3 is 2.71 bits per heavy atom. The first kappa shape index (κ1) is 17.5. The lowest BCUT2D eigenvalue weighted by molar-refractivity contribution is -0.137. The van der Waals surface area contributed by atoms with E-state index < -0.39 is 5.97 Å². The fourth-order valence-corrected chi connectivity index (χ4v) is 3.11. The topological polar surface area (TPSA) is 124 Å². The Labute approximate surface area is 160 Å². The summed E-state index contributed by atoms with van der Waals surface area (Å²) < 4.78 is 7.13. The number of nitrogens with two attached hydrogens (primary N) is 1. The number of carbonyl (C=O) groups excluding carboxylic acids is 1. The van der Waals surface area contributed by atoms with E-state index in [1.54, 1.807) is 21.9 Å². The van der Waals surface area contributed by atoms with Gasteiger partial charge in [-0.15, -0.1) is 0 Å². The van der Waals surface area contributed by atoms with Gasteiger partial charge in [0.2, 0.25) is 5.88 Å². The lowest BCUT2D eigenvalue weighted by atomic mass is 10.1. The van der Waals surface area contributed by atoms with E-state index in [9.17, 15) is 9.59 Å². The van der Waals surface area contributed by atoms with Crippen LogP contribution in [0, 0.1) is 0 Å². The maximum atomic E-state index is 12.9. The number of carboxylic acid groups (broad SMARTS) is 1. The number of ether oxygens (including phenoxy) is 1. The zero-order valence-electron chi connectivity index (χ0n) is 14.8. The van der Waals surface area contributed by atoms with E-state index in [1.165, 1.54) is 6.33 Å². The van der Waals surface area contributed by atoms with Gasteiger partial charge in [-0.05, 0) is 29.3 Å². The minimum absolute atomic E-state index is 0.0818. The SMILES string of the molecule is Nc1ncnc2c1C(=O)N(c1ccc(-c3ccn(CC(=O)O)c3)cc1)CCO2. The van der Waals surface area contributed by atoms with Crippen LogP contribution in [-0.2, 0) is 11.3 Å². The molecule has 1 aliphatic rings. The van der Waals surface area contributed by atoms with Crippen molar-refractivity contribution in [1.29, 1.82) is 0 Å². The van der Waals surface area contributed by atoms with Gasteiger partial charge in [-0.3, -0.25) is 9.59 Å². The van der Waals surface area contributed by atoms with Crippen molar-refractivity contribution in [2.75, 3.05) is 23.8 Å². The third-order valence-electron chi connectivity index (χ3n) is 4.44. The van der Waals surface area contributed by atoms with Gasteiger partial charge in [0.05, 0.1) is 6.54 Å². The van der Waals surface area contributed by atoms with Gasteiger partial charge in [0.25, 0.3) is 5.91 Å². The monoisotopic (exact) mass is 379 g/mol. The van der Waals surface area contributed by atoms with E-state index in [0.717, 1.165) is 11.1 Å². The summed E-state index contributed by atoms with van der Waals surface area (Å²) in [6.07, 6.45) is 4.75. The highest BCUT2D eigenvalue weighted by Crippen LogP contribution is 2.29. The number of carboxylic acids is 1. The summed E-state index contributed by atoms with van der Waals surface area (Å²) in [4.78, 5) is 33.2. The fourth-order valence-electron chi connectivity index (χ4n) is 3.11. The molecule has 0 saturated carbocycles. The normalized spacial score (nSPS) is 13.6. The van der Waals surface area contributed by atoms with Gasteiger partial charge >= 0.3 is 5.97 Å². The molecule has 0 atom stereocenters. The molecule has 0 fully saturated rings. The van der Waals surface area contributed by atoms with Crippen molar-refractivity contribution in [3.8, 4) is 17.0 Å². The first-order valence-electron chi connectivity index (χ1n) is 8.56. The van der Waals surface area contributed by atoms with Crippen LogP contribution >= 0.6 is 0 Å². The van der Waals surface area contributed by atoms with Crippen molar-refractivity contribution in [2.45, 2.75) is 6.54 Å². The first-order chi connectivity index (χ1) is 13.5. The second-order valence-electron chi connectivity index (χ2n) is 6.26. The lowest BCUT2D eigenvalue weighted by Gasteiger charge is -2.20. The smallest absolute Gasteiger partial charge is 0.323 e. The number of aromatic nitrogens is 3. The molecule has 3 heterocycles. The molecule has 0 unspecified atom stereocenters. The van der Waals surface area contributed by atoms with Crippen LogP contribution in [0.15, 0.2) is 49.1 Å². The summed E-state index contributed by atoms with van der Waals surface area (Å²) in [5.74, 6) is -0.941. The summed E-state index contributed by atoms with van der Waals surface area (Å²) in [5.41, 5.74) is 8.51. The van der Waals surface area contributed by atoms with Crippen molar-refractivity contribution in [1.82, 2.24) is 14.5 Å². The van der Waals surface area contributed by atoms with E-state index in [4.69, 9.17) is 15.6 Å². The largest absolute Gasteiger partial charge is 0.480 e. The van der Waals surface area contributed by atoms with Crippen LogP contribution in [0.1, 0.15) is 10.4 Å². The van der Waals surface area contributed by atoms with E-state index in [0.29, 0.717) is 12.2 Å². The standard InChI is InChI=1S/C19H17N5O4/c20-17-16-18(22-11-21-17)28-8-7-24(19(16)27)14-3-1-12(2-4-14)13-5-6-23(9-13)10-15(25)26/h1-6,9,11H,7-8,10H2,(H,25,26)(H2,20,21,22). The van der Waals surface area contributed by atoms with E-state index in [2.05, 4.69) is 9.97 Å². The molecule has 0 aliphatic carbocycles. The van der Waals surface area contributed by atoms with E-state index >= 15 is 0 Å². The van der Waals surface area contributed by atoms with Crippen molar-refractivity contribution >= 4 is 23.4 Å². The number of rotatable bonds is 4. The lowest BCUT2D eigenvalue weighted by Crippen LogP contribution is -2.32. The molecule has 9 heteroatoms. The summed E-state index contributed by atoms with van der Waals surface area (Å²) >= 11 is 0. The molecule has 4 rings (SSSR count). The van der Waals surface area contributed by atoms with Gasteiger partial charge in [-0.25, -0.2) is 9.97 Å². The highest BCUT2D eigenvalue weighted by molar-refractivity contribution is 6.10. The maximum absolute atomic E-state index is 12.9. The molecule has 0 bridgehead atoms. The molecule has 1 aromatic carbocycles.